The Morgan fingerprint density at radius 3 is 2.41 bits per heavy atom. The lowest BCUT2D eigenvalue weighted by molar-refractivity contribution is 0.355. The van der Waals surface area contributed by atoms with Gasteiger partial charge in [0.15, 0.2) is 11.5 Å². The molecule has 0 radical (unpaired) electrons. The van der Waals surface area contributed by atoms with Crippen LogP contribution in [-0.2, 0) is 6.54 Å². The predicted molar refractivity (Wildman–Crippen MR) is 105 cm³/mol. The van der Waals surface area contributed by atoms with Crippen molar-refractivity contribution in [3.8, 4) is 17.2 Å². The third kappa shape index (κ3) is 4.58. The largest absolute Gasteiger partial charge is 0.496 e. The van der Waals surface area contributed by atoms with E-state index >= 15 is 0 Å². The second kappa shape index (κ2) is 8.75. The third-order valence-electron chi connectivity index (χ3n) is 3.95. The number of nitrogens with zero attached hydrogens (tertiary/aromatic N) is 2. The van der Waals surface area contributed by atoms with Crippen LogP contribution in [0.5, 0.6) is 17.2 Å². The standard InChI is InChI=1S/C20H22N4O3/c1-25-16-7-5-4-6-14(16)13-22-19-10-11-21-20(24-19)23-15-8-9-17(26-2)18(12-15)27-3/h4-12H,13H2,1-3H3,(H2,21,22,23,24). The fraction of sp³-hybridized carbons (Fsp3) is 0.200. The fourth-order valence-corrected chi connectivity index (χ4v) is 2.60. The van der Waals surface area contributed by atoms with E-state index in [2.05, 4.69) is 20.6 Å². The first kappa shape index (κ1) is 18.3. The van der Waals surface area contributed by atoms with Crippen LogP contribution in [-0.4, -0.2) is 31.3 Å². The molecule has 2 aromatic carbocycles. The Kier molecular flexibility index (Phi) is 5.94. The molecular formula is C20H22N4O3. The first-order valence-electron chi connectivity index (χ1n) is 8.41. The molecule has 0 saturated carbocycles. The van der Waals surface area contributed by atoms with Crippen LogP contribution in [0.3, 0.4) is 0 Å². The summed E-state index contributed by atoms with van der Waals surface area (Å²) in [5.41, 5.74) is 1.85. The van der Waals surface area contributed by atoms with Gasteiger partial charge >= 0.3 is 0 Å². The van der Waals surface area contributed by atoms with Crippen molar-refractivity contribution in [3.05, 3.63) is 60.3 Å². The molecule has 7 nitrogen and oxygen atoms in total. The van der Waals surface area contributed by atoms with Gasteiger partial charge in [0, 0.05) is 30.1 Å². The van der Waals surface area contributed by atoms with E-state index in [1.54, 1.807) is 27.5 Å². The number of nitrogens with one attached hydrogen (secondary N) is 2. The van der Waals surface area contributed by atoms with Crippen LogP contribution in [0.15, 0.2) is 54.7 Å². The van der Waals surface area contributed by atoms with E-state index in [4.69, 9.17) is 14.2 Å². The summed E-state index contributed by atoms with van der Waals surface area (Å²) in [7, 11) is 4.86. The van der Waals surface area contributed by atoms with E-state index in [0.29, 0.717) is 29.8 Å². The van der Waals surface area contributed by atoms with E-state index < -0.39 is 0 Å². The number of para-hydroxylation sites is 1. The van der Waals surface area contributed by atoms with Gasteiger partial charge in [-0.15, -0.1) is 0 Å². The molecule has 27 heavy (non-hydrogen) atoms. The molecular weight excluding hydrogens is 344 g/mol. The Labute approximate surface area is 158 Å². The van der Waals surface area contributed by atoms with Crippen molar-refractivity contribution in [2.45, 2.75) is 6.54 Å². The summed E-state index contributed by atoms with van der Waals surface area (Å²) >= 11 is 0. The zero-order valence-electron chi connectivity index (χ0n) is 15.5. The van der Waals surface area contributed by atoms with Crippen LogP contribution < -0.4 is 24.8 Å². The molecule has 0 aliphatic rings. The van der Waals surface area contributed by atoms with Gasteiger partial charge in [0.2, 0.25) is 5.95 Å². The van der Waals surface area contributed by atoms with Crippen LogP contribution >= 0.6 is 0 Å². The van der Waals surface area contributed by atoms with Crippen LogP contribution in [0.4, 0.5) is 17.5 Å². The zero-order chi connectivity index (χ0) is 19.1. The van der Waals surface area contributed by atoms with Gasteiger partial charge in [0.25, 0.3) is 0 Å². The minimum atomic E-state index is 0.479. The average Bonchev–Trinajstić information content (AvgIpc) is 2.72. The van der Waals surface area contributed by atoms with E-state index in [9.17, 15) is 0 Å². The highest BCUT2D eigenvalue weighted by molar-refractivity contribution is 5.60. The number of benzene rings is 2. The van der Waals surface area contributed by atoms with Crippen molar-refractivity contribution in [3.63, 3.8) is 0 Å². The van der Waals surface area contributed by atoms with Crippen molar-refractivity contribution in [1.82, 2.24) is 9.97 Å². The van der Waals surface area contributed by atoms with Gasteiger partial charge in [0.05, 0.1) is 21.3 Å². The second-order valence-electron chi connectivity index (χ2n) is 5.63. The summed E-state index contributed by atoms with van der Waals surface area (Å²) < 4.78 is 15.9. The molecule has 2 N–H and O–H groups in total. The summed E-state index contributed by atoms with van der Waals surface area (Å²) in [5.74, 6) is 3.32. The maximum Gasteiger partial charge on any atom is 0.229 e. The average molecular weight is 366 g/mol. The number of anilines is 3. The van der Waals surface area contributed by atoms with Gasteiger partial charge in [-0.05, 0) is 24.3 Å². The Balaban J connectivity index is 1.70. The van der Waals surface area contributed by atoms with Crippen LogP contribution in [0.2, 0.25) is 0 Å². The van der Waals surface area contributed by atoms with Gasteiger partial charge in [-0.1, -0.05) is 18.2 Å². The Bertz CT molecular complexity index is 902. The minimum absolute atomic E-state index is 0.479. The molecule has 0 aliphatic heterocycles. The van der Waals surface area contributed by atoms with E-state index in [0.717, 1.165) is 17.0 Å². The molecule has 3 rings (SSSR count). The van der Waals surface area contributed by atoms with Gasteiger partial charge in [0.1, 0.15) is 11.6 Å². The van der Waals surface area contributed by atoms with Crippen molar-refractivity contribution in [1.29, 1.82) is 0 Å². The van der Waals surface area contributed by atoms with Crippen LogP contribution in [0, 0.1) is 0 Å². The quantitative estimate of drug-likeness (QED) is 0.627. The fourth-order valence-electron chi connectivity index (χ4n) is 2.60. The molecule has 0 aliphatic carbocycles. The van der Waals surface area contributed by atoms with Gasteiger partial charge < -0.3 is 24.8 Å². The molecule has 0 bridgehead atoms. The maximum atomic E-state index is 5.37. The third-order valence-corrected chi connectivity index (χ3v) is 3.95. The van der Waals surface area contributed by atoms with Crippen molar-refractivity contribution in [2.75, 3.05) is 32.0 Å². The summed E-state index contributed by atoms with van der Waals surface area (Å²) in [4.78, 5) is 8.75. The minimum Gasteiger partial charge on any atom is -0.496 e. The molecule has 1 aromatic heterocycles. The summed E-state index contributed by atoms with van der Waals surface area (Å²) in [6.07, 6.45) is 1.70. The Hall–Kier alpha value is -3.48. The molecule has 3 aromatic rings. The molecule has 0 fully saturated rings. The number of methoxy groups -OCH3 is 3. The van der Waals surface area contributed by atoms with Crippen molar-refractivity contribution < 1.29 is 14.2 Å². The van der Waals surface area contributed by atoms with E-state index in [-0.39, 0.29) is 0 Å². The zero-order valence-corrected chi connectivity index (χ0v) is 15.5. The SMILES string of the molecule is COc1ccccc1CNc1ccnc(Nc2ccc(OC)c(OC)c2)n1. The lowest BCUT2D eigenvalue weighted by Crippen LogP contribution is -2.05. The molecule has 7 heteroatoms. The molecule has 0 spiro atoms. The highest BCUT2D eigenvalue weighted by Gasteiger charge is 2.07. The topological polar surface area (TPSA) is 77.5 Å². The van der Waals surface area contributed by atoms with Crippen LogP contribution in [0.1, 0.15) is 5.56 Å². The predicted octanol–water partition coefficient (Wildman–Crippen LogP) is 3.86. The number of hydrogen-bond donors (Lipinski definition) is 2. The molecule has 0 atom stereocenters. The van der Waals surface area contributed by atoms with Crippen molar-refractivity contribution in [2.24, 2.45) is 0 Å². The van der Waals surface area contributed by atoms with Gasteiger partial charge in [-0.2, -0.15) is 4.98 Å². The monoisotopic (exact) mass is 366 g/mol. The Morgan fingerprint density at radius 2 is 1.63 bits per heavy atom. The number of rotatable bonds is 8. The highest BCUT2D eigenvalue weighted by Crippen LogP contribution is 2.30. The van der Waals surface area contributed by atoms with E-state index in [1.165, 1.54) is 0 Å². The summed E-state index contributed by atoms with van der Waals surface area (Å²) in [6.45, 7) is 0.594. The number of aromatic nitrogens is 2. The molecule has 1 heterocycles. The summed E-state index contributed by atoms with van der Waals surface area (Å²) in [6, 6.07) is 15.2. The molecule has 0 amide bonds. The highest BCUT2D eigenvalue weighted by atomic mass is 16.5. The Morgan fingerprint density at radius 1 is 0.852 bits per heavy atom. The number of hydrogen-bond acceptors (Lipinski definition) is 7. The number of ether oxygens (including phenoxy) is 3. The molecule has 140 valence electrons. The second-order valence-corrected chi connectivity index (χ2v) is 5.63. The first-order valence-corrected chi connectivity index (χ1v) is 8.41. The van der Waals surface area contributed by atoms with Crippen LogP contribution in [0.25, 0.3) is 0 Å². The maximum absolute atomic E-state index is 5.37. The lowest BCUT2D eigenvalue weighted by Gasteiger charge is -2.12. The summed E-state index contributed by atoms with van der Waals surface area (Å²) in [5, 5.41) is 6.46. The lowest BCUT2D eigenvalue weighted by atomic mass is 10.2. The van der Waals surface area contributed by atoms with Gasteiger partial charge in [-0.3, -0.25) is 0 Å². The van der Waals surface area contributed by atoms with E-state index in [1.807, 2.05) is 48.5 Å². The van der Waals surface area contributed by atoms with Crippen molar-refractivity contribution >= 4 is 17.5 Å². The molecule has 0 unspecified atom stereocenters. The van der Waals surface area contributed by atoms with Gasteiger partial charge in [-0.25, -0.2) is 4.98 Å². The molecule has 0 saturated heterocycles. The first-order chi connectivity index (χ1) is 13.2. The normalized spacial score (nSPS) is 10.2. The smallest absolute Gasteiger partial charge is 0.229 e.